The summed E-state index contributed by atoms with van der Waals surface area (Å²) in [6, 6.07) is 9.59. The Bertz CT molecular complexity index is 1070. The number of fused-ring (bicyclic) bond motifs is 1. The van der Waals surface area contributed by atoms with Gasteiger partial charge in [-0.15, -0.1) is 13.2 Å². The lowest BCUT2D eigenvalue weighted by Crippen LogP contribution is -2.32. The zero-order chi connectivity index (χ0) is 22.9. The van der Waals surface area contributed by atoms with Crippen molar-refractivity contribution in [2.24, 2.45) is 0 Å². The summed E-state index contributed by atoms with van der Waals surface area (Å²) in [5.41, 5.74) is 4.72. The van der Waals surface area contributed by atoms with Gasteiger partial charge in [-0.3, -0.25) is 9.88 Å². The molecule has 1 aliphatic rings. The summed E-state index contributed by atoms with van der Waals surface area (Å²) in [4.78, 5) is 16.2. The summed E-state index contributed by atoms with van der Waals surface area (Å²) in [5, 5.41) is 0. The molecule has 0 aliphatic carbocycles. The maximum absolute atomic E-state index is 12.3. The third-order valence-corrected chi connectivity index (χ3v) is 5.30. The lowest BCUT2D eigenvalue weighted by Gasteiger charge is -2.29. The molecule has 168 valence electrons. The minimum Gasteiger partial charge on any atom is -0.406 e. The molecule has 0 radical (unpaired) electrons. The quantitative estimate of drug-likeness (QED) is 0.549. The van der Waals surface area contributed by atoms with Gasteiger partial charge in [-0.1, -0.05) is 26.8 Å². The van der Waals surface area contributed by atoms with Gasteiger partial charge in [-0.2, -0.15) is 0 Å². The summed E-state index contributed by atoms with van der Waals surface area (Å²) >= 11 is 0. The van der Waals surface area contributed by atoms with E-state index in [4.69, 9.17) is 4.98 Å². The average molecular weight is 442 g/mol. The van der Waals surface area contributed by atoms with Crippen LogP contribution in [0.3, 0.4) is 0 Å². The van der Waals surface area contributed by atoms with Crippen molar-refractivity contribution in [2.75, 3.05) is 6.54 Å². The van der Waals surface area contributed by atoms with Crippen LogP contribution in [0.5, 0.6) is 5.75 Å². The molecule has 0 amide bonds. The van der Waals surface area contributed by atoms with Crippen molar-refractivity contribution >= 4 is 0 Å². The number of halogens is 3. The van der Waals surface area contributed by atoms with E-state index in [1.807, 2.05) is 24.5 Å². The highest BCUT2D eigenvalue weighted by Gasteiger charge is 2.31. The second kappa shape index (κ2) is 8.50. The van der Waals surface area contributed by atoms with Crippen molar-refractivity contribution in [1.82, 2.24) is 19.9 Å². The zero-order valence-corrected chi connectivity index (χ0v) is 18.3. The molecule has 0 fully saturated rings. The van der Waals surface area contributed by atoms with Gasteiger partial charge in [0.2, 0.25) is 0 Å². The summed E-state index contributed by atoms with van der Waals surface area (Å²) in [6.07, 6.45) is -0.0526. The highest BCUT2D eigenvalue weighted by Crippen LogP contribution is 2.27. The first-order chi connectivity index (χ1) is 15.1. The van der Waals surface area contributed by atoms with Crippen molar-refractivity contribution in [2.45, 2.75) is 52.1 Å². The fraction of sp³-hybridized carbons (Fsp3) is 0.375. The molecule has 5 nitrogen and oxygen atoms in total. The Labute approximate surface area is 185 Å². The van der Waals surface area contributed by atoms with Gasteiger partial charge in [0, 0.05) is 60.7 Å². The Hall–Kier alpha value is -3.00. The van der Waals surface area contributed by atoms with Gasteiger partial charge in [0.15, 0.2) is 0 Å². The number of rotatable bonds is 4. The van der Waals surface area contributed by atoms with E-state index < -0.39 is 6.36 Å². The minimum absolute atomic E-state index is 0.0642. The molecule has 0 N–H and O–H groups in total. The molecule has 2 aromatic heterocycles. The molecule has 0 bridgehead atoms. The van der Waals surface area contributed by atoms with Crippen LogP contribution in [0.15, 0.2) is 48.8 Å². The van der Waals surface area contributed by atoms with E-state index in [1.165, 1.54) is 12.1 Å². The van der Waals surface area contributed by atoms with Gasteiger partial charge < -0.3 is 4.74 Å². The molecule has 1 aliphatic heterocycles. The largest absolute Gasteiger partial charge is 0.573 e. The van der Waals surface area contributed by atoms with Crippen molar-refractivity contribution < 1.29 is 17.9 Å². The maximum atomic E-state index is 12.3. The summed E-state index contributed by atoms with van der Waals surface area (Å²) in [6.45, 7) is 8.81. The van der Waals surface area contributed by atoms with Crippen molar-refractivity contribution in [1.29, 1.82) is 0 Å². The third-order valence-electron chi connectivity index (χ3n) is 5.30. The van der Waals surface area contributed by atoms with E-state index in [2.05, 4.69) is 40.4 Å². The van der Waals surface area contributed by atoms with Gasteiger partial charge in [0.05, 0.1) is 5.69 Å². The van der Waals surface area contributed by atoms with E-state index in [0.717, 1.165) is 54.3 Å². The highest BCUT2D eigenvalue weighted by molar-refractivity contribution is 5.60. The maximum Gasteiger partial charge on any atom is 0.573 e. The number of hydrogen-bond donors (Lipinski definition) is 0. The Balaban J connectivity index is 1.39. The fourth-order valence-corrected chi connectivity index (χ4v) is 3.65. The monoisotopic (exact) mass is 442 g/mol. The van der Waals surface area contributed by atoms with Crippen molar-refractivity contribution in [3.63, 3.8) is 0 Å². The molecule has 0 saturated heterocycles. The first-order valence-corrected chi connectivity index (χ1v) is 10.5. The molecular formula is C24H25F3N4O. The molecule has 3 aromatic rings. The number of nitrogens with zero attached hydrogens (tertiary/aromatic N) is 4. The normalized spacial score (nSPS) is 14.8. The van der Waals surface area contributed by atoms with Crippen LogP contribution in [-0.4, -0.2) is 32.8 Å². The Morgan fingerprint density at radius 1 is 0.969 bits per heavy atom. The van der Waals surface area contributed by atoms with E-state index >= 15 is 0 Å². The van der Waals surface area contributed by atoms with Crippen molar-refractivity contribution in [3.05, 3.63) is 71.4 Å². The minimum atomic E-state index is -4.70. The molecule has 0 saturated carbocycles. The fourth-order valence-electron chi connectivity index (χ4n) is 3.65. The van der Waals surface area contributed by atoms with Crippen LogP contribution >= 0.6 is 0 Å². The van der Waals surface area contributed by atoms with Crippen LogP contribution in [0.25, 0.3) is 11.3 Å². The van der Waals surface area contributed by atoms with E-state index in [0.29, 0.717) is 5.69 Å². The van der Waals surface area contributed by atoms with Crippen molar-refractivity contribution in [3.8, 4) is 17.0 Å². The Morgan fingerprint density at radius 3 is 2.34 bits per heavy atom. The van der Waals surface area contributed by atoms with E-state index in [9.17, 15) is 13.2 Å². The van der Waals surface area contributed by atoms with Crippen LogP contribution in [0, 0.1) is 0 Å². The summed E-state index contributed by atoms with van der Waals surface area (Å²) in [7, 11) is 0. The molecule has 32 heavy (non-hydrogen) atoms. The smallest absolute Gasteiger partial charge is 0.406 e. The number of alkyl halides is 3. The number of ether oxygens (including phenoxy) is 1. The first-order valence-electron chi connectivity index (χ1n) is 10.5. The Morgan fingerprint density at radius 2 is 1.72 bits per heavy atom. The predicted molar refractivity (Wildman–Crippen MR) is 115 cm³/mol. The van der Waals surface area contributed by atoms with Gasteiger partial charge in [-0.25, -0.2) is 9.97 Å². The molecule has 0 atom stereocenters. The lowest BCUT2D eigenvalue weighted by atomic mass is 9.95. The molecule has 3 heterocycles. The predicted octanol–water partition coefficient (Wildman–Crippen LogP) is 5.29. The molecule has 0 spiro atoms. The van der Waals surface area contributed by atoms with Gasteiger partial charge in [-0.05, 0) is 35.9 Å². The van der Waals surface area contributed by atoms with Gasteiger partial charge in [0.1, 0.15) is 11.6 Å². The molecule has 8 heteroatoms. The topological polar surface area (TPSA) is 51.1 Å². The summed E-state index contributed by atoms with van der Waals surface area (Å²) in [5.74, 6) is 0.629. The van der Waals surface area contributed by atoms with Crippen LogP contribution < -0.4 is 4.74 Å². The van der Waals surface area contributed by atoms with E-state index in [1.54, 1.807) is 12.1 Å². The standard InChI is InChI=1S/C24H25F3N4O/c1-23(2,3)22-29-13-18-15-31(11-10-21(18)30-22)14-16-4-9-20(28-12-16)17-5-7-19(8-6-17)32-24(25,26)27/h4-9,12-13H,10-11,14-15H2,1-3H3. The van der Waals surface area contributed by atoms with Crippen LogP contribution in [0.2, 0.25) is 0 Å². The zero-order valence-electron chi connectivity index (χ0n) is 18.3. The molecule has 0 unspecified atom stereocenters. The first kappa shape index (κ1) is 22.2. The number of benzene rings is 1. The van der Waals surface area contributed by atoms with Gasteiger partial charge >= 0.3 is 6.36 Å². The third kappa shape index (κ3) is 5.43. The van der Waals surface area contributed by atoms with Crippen LogP contribution in [0.1, 0.15) is 43.4 Å². The highest BCUT2D eigenvalue weighted by atomic mass is 19.4. The average Bonchev–Trinajstić information content (AvgIpc) is 2.73. The molecule has 1 aromatic carbocycles. The Kier molecular flexibility index (Phi) is 5.90. The molecule has 4 rings (SSSR count). The van der Waals surface area contributed by atoms with Crippen LogP contribution in [0.4, 0.5) is 13.2 Å². The SMILES string of the molecule is CC(C)(C)c1ncc2c(n1)CCN(Cc1ccc(-c3ccc(OC(F)(F)F)cc3)nc1)C2. The van der Waals surface area contributed by atoms with Gasteiger partial charge in [0.25, 0.3) is 0 Å². The summed E-state index contributed by atoms with van der Waals surface area (Å²) < 4.78 is 40.8. The molecular weight excluding hydrogens is 417 g/mol. The number of pyridine rings is 1. The van der Waals surface area contributed by atoms with E-state index in [-0.39, 0.29) is 11.2 Å². The second-order valence-electron chi connectivity index (χ2n) is 9.00. The second-order valence-corrected chi connectivity index (χ2v) is 9.00. The van der Waals surface area contributed by atoms with Crippen LogP contribution in [-0.2, 0) is 24.9 Å². The lowest BCUT2D eigenvalue weighted by molar-refractivity contribution is -0.274. The number of aromatic nitrogens is 3. The number of hydrogen-bond acceptors (Lipinski definition) is 5.